The number of aliphatic hydroxyl groups is 1. The molecule has 0 radical (unpaired) electrons. The predicted octanol–water partition coefficient (Wildman–Crippen LogP) is 3.78. The van der Waals surface area contributed by atoms with E-state index in [0.29, 0.717) is 6.61 Å². The van der Waals surface area contributed by atoms with Crippen molar-refractivity contribution in [1.82, 2.24) is 0 Å². The van der Waals surface area contributed by atoms with Gasteiger partial charge in [-0.3, -0.25) is 0 Å². The summed E-state index contributed by atoms with van der Waals surface area (Å²) in [4.78, 5) is 0. The van der Waals surface area contributed by atoms with Crippen molar-refractivity contribution in [2.24, 2.45) is 0 Å². The van der Waals surface area contributed by atoms with E-state index >= 15 is 0 Å². The second-order valence-corrected chi connectivity index (χ2v) is 5.71. The molecule has 1 atom stereocenters. The lowest BCUT2D eigenvalue weighted by atomic mass is 9.77. The molecule has 0 spiro atoms. The van der Waals surface area contributed by atoms with Crippen LogP contribution in [0.3, 0.4) is 0 Å². The highest BCUT2D eigenvalue weighted by Crippen LogP contribution is 2.44. The van der Waals surface area contributed by atoms with Gasteiger partial charge in [0.05, 0.1) is 12.7 Å². The van der Waals surface area contributed by atoms with Gasteiger partial charge in [-0.15, -0.1) is 0 Å². The van der Waals surface area contributed by atoms with Crippen LogP contribution >= 0.6 is 0 Å². The number of hydrogen-bond donors (Lipinski definition) is 1. The molecule has 20 heavy (non-hydrogen) atoms. The smallest absolute Gasteiger partial charge is 0.124 e. The summed E-state index contributed by atoms with van der Waals surface area (Å²) < 4.78 is 11.4. The quantitative estimate of drug-likeness (QED) is 0.891. The monoisotopic (exact) mass is 278 g/mol. The number of ether oxygens (including phenoxy) is 2. The minimum atomic E-state index is -0.627. The average molecular weight is 278 g/mol. The first-order chi connectivity index (χ1) is 9.63. The Morgan fingerprint density at radius 1 is 1.25 bits per heavy atom. The van der Waals surface area contributed by atoms with Crippen LogP contribution in [-0.2, 0) is 4.74 Å². The Morgan fingerprint density at radius 2 is 1.95 bits per heavy atom. The second-order valence-electron chi connectivity index (χ2n) is 5.71. The van der Waals surface area contributed by atoms with Crippen LogP contribution in [-0.4, -0.2) is 24.4 Å². The van der Waals surface area contributed by atoms with Gasteiger partial charge in [-0.05, 0) is 38.8 Å². The molecule has 1 aromatic carbocycles. The summed E-state index contributed by atoms with van der Waals surface area (Å²) in [5, 5.41) is 11.0. The molecule has 3 heteroatoms. The summed E-state index contributed by atoms with van der Waals surface area (Å²) in [6.45, 7) is 4.66. The van der Waals surface area contributed by atoms with Gasteiger partial charge in [-0.1, -0.05) is 30.9 Å². The summed E-state index contributed by atoms with van der Waals surface area (Å²) in [6, 6.07) is 5.94. The summed E-state index contributed by atoms with van der Waals surface area (Å²) in [7, 11) is 1.65. The highest BCUT2D eigenvalue weighted by atomic mass is 16.5. The molecule has 1 aliphatic rings. The maximum absolute atomic E-state index is 11.0. The molecule has 0 amide bonds. The lowest BCUT2D eigenvalue weighted by Crippen LogP contribution is -2.41. The van der Waals surface area contributed by atoms with E-state index in [4.69, 9.17) is 9.47 Å². The van der Waals surface area contributed by atoms with Crippen LogP contribution in [0.1, 0.15) is 56.3 Å². The van der Waals surface area contributed by atoms with Crippen LogP contribution < -0.4 is 4.74 Å². The van der Waals surface area contributed by atoms with Crippen molar-refractivity contribution in [1.29, 1.82) is 0 Å². The SMILES string of the molecule is CCOC1(C(O)c2cc(C)ccc2OC)CCCCC1. The molecule has 2 rings (SSSR count). The van der Waals surface area contributed by atoms with E-state index in [9.17, 15) is 5.11 Å². The van der Waals surface area contributed by atoms with Gasteiger partial charge in [0.1, 0.15) is 11.9 Å². The molecule has 0 bridgehead atoms. The minimum absolute atomic E-state index is 0.450. The van der Waals surface area contributed by atoms with Crippen LogP contribution in [0.2, 0.25) is 0 Å². The van der Waals surface area contributed by atoms with Crippen molar-refractivity contribution in [3.63, 3.8) is 0 Å². The molecule has 0 heterocycles. The standard InChI is InChI=1S/C17H26O3/c1-4-20-17(10-6-5-7-11-17)16(18)14-12-13(2)8-9-15(14)19-3/h8-9,12,16,18H,4-7,10-11H2,1-3H3. The first-order valence-corrected chi connectivity index (χ1v) is 7.59. The average Bonchev–Trinajstić information content (AvgIpc) is 2.47. The van der Waals surface area contributed by atoms with Gasteiger partial charge in [-0.2, -0.15) is 0 Å². The fraction of sp³-hybridized carbons (Fsp3) is 0.647. The van der Waals surface area contributed by atoms with Gasteiger partial charge in [0.25, 0.3) is 0 Å². The van der Waals surface area contributed by atoms with E-state index in [1.165, 1.54) is 6.42 Å². The van der Waals surface area contributed by atoms with Crippen LogP contribution in [0.4, 0.5) is 0 Å². The Labute approximate surface area is 121 Å². The van der Waals surface area contributed by atoms with Gasteiger partial charge in [0.2, 0.25) is 0 Å². The molecule has 0 saturated heterocycles. The molecular weight excluding hydrogens is 252 g/mol. The van der Waals surface area contributed by atoms with Crippen molar-refractivity contribution in [2.45, 2.75) is 57.7 Å². The van der Waals surface area contributed by atoms with E-state index in [1.54, 1.807) is 7.11 Å². The second kappa shape index (κ2) is 6.59. The summed E-state index contributed by atoms with van der Waals surface area (Å²) in [6.07, 6.45) is 4.67. The van der Waals surface area contributed by atoms with Crippen molar-refractivity contribution < 1.29 is 14.6 Å². The zero-order valence-electron chi connectivity index (χ0n) is 12.8. The highest BCUT2D eigenvalue weighted by molar-refractivity contribution is 5.39. The topological polar surface area (TPSA) is 38.7 Å². The van der Waals surface area contributed by atoms with Gasteiger partial charge in [0.15, 0.2) is 0 Å². The maximum atomic E-state index is 11.0. The number of methoxy groups -OCH3 is 1. The molecule has 112 valence electrons. The Balaban J connectivity index is 2.36. The highest BCUT2D eigenvalue weighted by Gasteiger charge is 2.41. The number of aryl methyl sites for hydroxylation is 1. The Morgan fingerprint density at radius 3 is 2.55 bits per heavy atom. The third-order valence-electron chi connectivity index (χ3n) is 4.31. The molecule has 1 aliphatic carbocycles. The number of hydrogen-bond acceptors (Lipinski definition) is 3. The van der Waals surface area contributed by atoms with Gasteiger partial charge >= 0.3 is 0 Å². The molecule has 0 aliphatic heterocycles. The normalized spacial score (nSPS) is 19.6. The van der Waals surface area contributed by atoms with Crippen LogP contribution in [0.15, 0.2) is 18.2 Å². The number of aliphatic hydroxyl groups excluding tert-OH is 1. The zero-order chi connectivity index (χ0) is 14.6. The van der Waals surface area contributed by atoms with E-state index in [1.807, 2.05) is 32.0 Å². The minimum Gasteiger partial charge on any atom is -0.496 e. The molecule has 0 aromatic heterocycles. The predicted molar refractivity (Wildman–Crippen MR) is 80.1 cm³/mol. The molecular formula is C17H26O3. The van der Waals surface area contributed by atoms with Gasteiger partial charge < -0.3 is 14.6 Å². The van der Waals surface area contributed by atoms with Crippen molar-refractivity contribution >= 4 is 0 Å². The first-order valence-electron chi connectivity index (χ1n) is 7.59. The van der Waals surface area contributed by atoms with E-state index < -0.39 is 11.7 Å². The first kappa shape index (κ1) is 15.3. The van der Waals surface area contributed by atoms with Crippen LogP contribution in [0, 0.1) is 6.92 Å². The van der Waals surface area contributed by atoms with E-state index in [2.05, 4.69) is 0 Å². The summed E-state index contributed by atoms with van der Waals surface area (Å²) in [5.41, 5.74) is 1.53. The van der Waals surface area contributed by atoms with Crippen LogP contribution in [0.25, 0.3) is 0 Å². The molecule has 1 aromatic rings. The van der Waals surface area contributed by atoms with Crippen molar-refractivity contribution in [2.75, 3.05) is 13.7 Å². The van der Waals surface area contributed by atoms with Crippen LogP contribution in [0.5, 0.6) is 5.75 Å². The fourth-order valence-corrected chi connectivity index (χ4v) is 3.29. The maximum Gasteiger partial charge on any atom is 0.124 e. The lowest BCUT2D eigenvalue weighted by Gasteiger charge is -2.41. The summed E-state index contributed by atoms with van der Waals surface area (Å²) in [5.74, 6) is 0.743. The zero-order valence-corrected chi connectivity index (χ0v) is 12.8. The largest absolute Gasteiger partial charge is 0.496 e. The molecule has 3 nitrogen and oxygen atoms in total. The fourth-order valence-electron chi connectivity index (χ4n) is 3.29. The van der Waals surface area contributed by atoms with Crippen molar-refractivity contribution in [3.05, 3.63) is 29.3 Å². The third-order valence-corrected chi connectivity index (χ3v) is 4.31. The molecule has 1 fully saturated rings. The molecule has 1 N–H and O–H groups in total. The lowest BCUT2D eigenvalue weighted by molar-refractivity contribution is -0.142. The van der Waals surface area contributed by atoms with E-state index in [0.717, 1.165) is 42.6 Å². The van der Waals surface area contributed by atoms with Crippen molar-refractivity contribution in [3.8, 4) is 5.75 Å². The van der Waals surface area contributed by atoms with Gasteiger partial charge in [-0.25, -0.2) is 0 Å². The third kappa shape index (κ3) is 2.99. The number of benzene rings is 1. The van der Waals surface area contributed by atoms with E-state index in [-0.39, 0.29) is 0 Å². The molecule has 1 unspecified atom stereocenters. The van der Waals surface area contributed by atoms with Gasteiger partial charge in [0, 0.05) is 12.2 Å². The Bertz CT molecular complexity index is 430. The molecule has 1 saturated carbocycles. The summed E-state index contributed by atoms with van der Waals surface area (Å²) >= 11 is 0. The Hall–Kier alpha value is -1.06. The Kier molecular flexibility index (Phi) is 5.06. The number of rotatable bonds is 5.